The van der Waals surface area contributed by atoms with Gasteiger partial charge >= 0.3 is 0 Å². The third-order valence-electron chi connectivity index (χ3n) is 2.57. The summed E-state index contributed by atoms with van der Waals surface area (Å²) in [5, 5.41) is 0.588. The highest BCUT2D eigenvalue weighted by Gasteiger charge is 2.04. The van der Waals surface area contributed by atoms with Crippen LogP contribution in [0.2, 0.25) is 5.02 Å². The van der Waals surface area contributed by atoms with Crippen molar-refractivity contribution in [1.82, 2.24) is 0 Å². The number of nitrogens with two attached hydrogens (primary N) is 1. The van der Waals surface area contributed by atoms with Crippen molar-refractivity contribution in [2.75, 3.05) is 12.8 Å². The van der Waals surface area contributed by atoms with Crippen LogP contribution in [-0.4, -0.2) is 7.11 Å². The third kappa shape index (κ3) is 2.87. The molecule has 2 aromatic carbocycles. The first kappa shape index (κ1) is 12.6. The molecule has 4 heteroatoms. The van der Waals surface area contributed by atoms with E-state index in [-0.39, 0.29) is 0 Å². The second kappa shape index (κ2) is 5.65. The van der Waals surface area contributed by atoms with E-state index < -0.39 is 0 Å². The Morgan fingerprint density at radius 1 is 1.17 bits per heavy atom. The van der Waals surface area contributed by atoms with E-state index in [4.69, 9.17) is 26.8 Å². The molecule has 2 N–H and O–H groups in total. The number of ether oxygens (including phenoxy) is 2. The molecule has 0 aliphatic heterocycles. The zero-order chi connectivity index (χ0) is 13.0. The van der Waals surface area contributed by atoms with Gasteiger partial charge in [-0.15, -0.1) is 0 Å². The average molecular weight is 264 g/mol. The summed E-state index contributed by atoms with van der Waals surface area (Å²) in [5.74, 6) is 1.38. The molecule has 0 heterocycles. The summed E-state index contributed by atoms with van der Waals surface area (Å²) in [4.78, 5) is 0. The lowest BCUT2D eigenvalue weighted by Crippen LogP contribution is -2.01. The minimum absolute atomic E-state index is 0.375. The summed E-state index contributed by atoms with van der Waals surface area (Å²) in [5.41, 5.74) is 7.45. The van der Waals surface area contributed by atoms with Crippen LogP contribution < -0.4 is 15.2 Å². The molecule has 0 aromatic heterocycles. The van der Waals surface area contributed by atoms with E-state index in [1.165, 1.54) is 0 Å². The van der Waals surface area contributed by atoms with E-state index in [2.05, 4.69) is 0 Å². The summed E-state index contributed by atoms with van der Waals surface area (Å²) in [6, 6.07) is 12.8. The highest BCUT2D eigenvalue weighted by molar-refractivity contribution is 6.32. The van der Waals surface area contributed by atoms with Gasteiger partial charge in [-0.3, -0.25) is 0 Å². The Hall–Kier alpha value is -1.87. The molecule has 0 unspecified atom stereocenters. The molecule has 2 aromatic rings. The molecule has 94 valence electrons. The highest BCUT2D eigenvalue weighted by atomic mass is 35.5. The maximum absolute atomic E-state index is 6.00. The van der Waals surface area contributed by atoms with Gasteiger partial charge in [-0.05, 0) is 24.3 Å². The normalized spacial score (nSPS) is 10.1. The maximum atomic E-state index is 6.00. The van der Waals surface area contributed by atoms with Gasteiger partial charge in [-0.1, -0.05) is 23.7 Å². The number of para-hydroxylation sites is 1. The van der Waals surface area contributed by atoms with Gasteiger partial charge in [0, 0.05) is 17.3 Å². The number of hydrogen-bond acceptors (Lipinski definition) is 3. The van der Waals surface area contributed by atoms with E-state index in [0.29, 0.717) is 23.1 Å². The van der Waals surface area contributed by atoms with Crippen LogP contribution in [0, 0.1) is 0 Å². The molecule has 0 atom stereocenters. The van der Waals surface area contributed by atoms with Crippen LogP contribution in [0.1, 0.15) is 5.56 Å². The van der Waals surface area contributed by atoms with E-state index in [9.17, 15) is 0 Å². The zero-order valence-electron chi connectivity index (χ0n) is 10.0. The average Bonchev–Trinajstić information content (AvgIpc) is 2.39. The Morgan fingerprint density at radius 2 is 1.94 bits per heavy atom. The van der Waals surface area contributed by atoms with Gasteiger partial charge in [-0.25, -0.2) is 0 Å². The molecular weight excluding hydrogens is 250 g/mol. The Labute approximate surface area is 111 Å². The molecule has 0 radical (unpaired) electrons. The first-order valence-electron chi connectivity index (χ1n) is 5.50. The summed E-state index contributed by atoms with van der Waals surface area (Å²) < 4.78 is 10.7. The molecule has 0 fully saturated rings. The molecule has 0 saturated carbocycles. The minimum atomic E-state index is 0.375. The van der Waals surface area contributed by atoms with Crippen molar-refractivity contribution >= 4 is 17.3 Å². The lowest BCUT2D eigenvalue weighted by molar-refractivity contribution is 0.307. The van der Waals surface area contributed by atoms with Gasteiger partial charge in [0.15, 0.2) is 0 Å². The van der Waals surface area contributed by atoms with Crippen LogP contribution in [0.5, 0.6) is 11.5 Å². The second-order valence-electron chi connectivity index (χ2n) is 3.78. The van der Waals surface area contributed by atoms with E-state index in [0.717, 1.165) is 11.3 Å². The van der Waals surface area contributed by atoms with E-state index in [1.807, 2.05) is 30.3 Å². The molecule has 0 bridgehead atoms. The summed E-state index contributed by atoms with van der Waals surface area (Å²) >= 11 is 6.00. The van der Waals surface area contributed by atoms with Crippen molar-refractivity contribution in [2.24, 2.45) is 0 Å². The van der Waals surface area contributed by atoms with Gasteiger partial charge in [0.1, 0.15) is 18.1 Å². The lowest BCUT2D eigenvalue weighted by atomic mass is 10.2. The first-order valence-corrected chi connectivity index (χ1v) is 5.88. The third-order valence-corrected chi connectivity index (χ3v) is 2.89. The molecule has 0 saturated heterocycles. The number of halogens is 1. The number of nitrogen functional groups attached to an aromatic ring is 1. The summed E-state index contributed by atoms with van der Waals surface area (Å²) in [6.07, 6.45) is 0. The van der Waals surface area contributed by atoms with Crippen LogP contribution in [0.4, 0.5) is 5.69 Å². The summed E-state index contributed by atoms with van der Waals surface area (Å²) in [6.45, 7) is 0.375. The standard InChI is InChI=1S/C14H14ClNO2/c1-17-11-7-6-10(13(16)8-11)9-18-14-5-3-2-4-12(14)15/h2-8H,9,16H2,1H3. The van der Waals surface area contributed by atoms with Crippen molar-refractivity contribution < 1.29 is 9.47 Å². The maximum Gasteiger partial charge on any atom is 0.138 e. The topological polar surface area (TPSA) is 44.5 Å². The molecule has 2 rings (SSSR count). The Kier molecular flexibility index (Phi) is 3.95. The molecule has 18 heavy (non-hydrogen) atoms. The minimum Gasteiger partial charge on any atom is -0.497 e. The molecule has 3 nitrogen and oxygen atoms in total. The number of anilines is 1. The largest absolute Gasteiger partial charge is 0.497 e. The first-order chi connectivity index (χ1) is 8.70. The Morgan fingerprint density at radius 3 is 2.61 bits per heavy atom. The predicted molar refractivity (Wildman–Crippen MR) is 73.2 cm³/mol. The van der Waals surface area contributed by atoms with Gasteiger partial charge in [0.25, 0.3) is 0 Å². The number of benzene rings is 2. The predicted octanol–water partition coefficient (Wildman–Crippen LogP) is 3.51. The molecule has 0 amide bonds. The number of hydrogen-bond donors (Lipinski definition) is 1. The fraction of sp³-hybridized carbons (Fsp3) is 0.143. The highest BCUT2D eigenvalue weighted by Crippen LogP contribution is 2.26. The van der Waals surface area contributed by atoms with Crippen LogP contribution in [0.3, 0.4) is 0 Å². The second-order valence-corrected chi connectivity index (χ2v) is 4.19. The van der Waals surface area contributed by atoms with Crippen LogP contribution >= 0.6 is 11.6 Å². The number of methoxy groups -OCH3 is 1. The number of rotatable bonds is 4. The van der Waals surface area contributed by atoms with Crippen LogP contribution in [0.15, 0.2) is 42.5 Å². The Bertz CT molecular complexity index is 543. The van der Waals surface area contributed by atoms with Gasteiger partial charge < -0.3 is 15.2 Å². The van der Waals surface area contributed by atoms with Crippen molar-refractivity contribution in [1.29, 1.82) is 0 Å². The molecule has 0 spiro atoms. The summed E-state index contributed by atoms with van der Waals surface area (Å²) in [7, 11) is 1.61. The van der Waals surface area contributed by atoms with Gasteiger partial charge in [0.2, 0.25) is 0 Å². The van der Waals surface area contributed by atoms with Gasteiger partial charge in [0.05, 0.1) is 12.1 Å². The smallest absolute Gasteiger partial charge is 0.138 e. The quantitative estimate of drug-likeness (QED) is 0.859. The van der Waals surface area contributed by atoms with Crippen molar-refractivity contribution in [3.63, 3.8) is 0 Å². The van der Waals surface area contributed by atoms with Crippen molar-refractivity contribution in [3.05, 3.63) is 53.1 Å². The van der Waals surface area contributed by atoms with Crippen LogP contribution in [0.25, 0.3) is 0 Å². The monoisotopic (exact) mass is 263 g/mol. The van der Waals surface area contributed by atoms with E-state index in [1.54, 1.807) is 19.2 Å². The molecular formula is C14H14ClNO2. The van der Waals surface area contributed by atoms with Crippen molar-refractivity contribution in [3.8, 4) is 11.5 Å². The molecule has 0 aliphatic carbocycles. The Balaban J connectivity index is 2.09. The van der Waals surface area contributed by atoms with Crippen LogP contribution in [-0.2, 0) is 6.61 Å². The van der Waals surface area contributed by atoms with E-state index >= 15 is 0 Å². The SMILES string of the molecule is COc1ccc(COc2ccccc2Cl)c(N)c1. The zero-order valence-corrected chi connectivity index (χ0v) is 10.8. The van der Waals surface area contributed by atoms with Gasteiger partial charge in [-0.2, -0.15) is 0 Å². The molecule has 0 aliphatic rings. The fourth-order valence-corrected chi connectivity index (χ4v) is 1.74. The van der Waals surface area contributed by atoms with Crippen molar-refractivity contribution in [2.45, 2.75) is 6.61 Å². The fourth-order valence-electron chi connectivity index (χ4n) is 1.55. The lowest BCUT2D eigenvalue weighted by Gasteiger charge is -2.10.